The van der Waals surface area contributed by atoms with Crippen molar-refractivity contribution in [1.82, 2.24) is 9.78 Å². The molecule has 1 amide bonds. The predicted octanol–water partition coefficient (Wildman–Crippen LogP) is 0.356. The largest absolute Gasteiger partial charge is 0.368 e. The summed E-state index contributed by atoms with van der Waals surface area (Å²) < 4.78 is 1.60. The molecule has 0 saturated carbocycles. The average molecular weight is 231 g/mol. The molecule has 0 radical (unpaired) electrons. The van der Waals surface area contributed by atoms with Gasteiger partial charge < -0.3 is 11.5 Å². The van der Waals surface area contributed by atoms with Gasteiger partial charge >= 0.3 is 0 Å². The van der Waals surface area contributed by atoms with Gasteiger partial charge in [0.1, 0.15) is 5.54 Å². The highest BCUT2D eigenvalue weighted by Crippen LogP contribution is 2.20. The van der Waals surface area contributed by atoms with Gasteiger partial charge in [0.25, 0.3) is 0 Å². The number of amides is 1. The van der Waals surface area contributed by atoms with Gasteiger partial charge in [0.15, 0.2) is 0 Å². The summed E-state index contributed by atoms with van der Waals surface area (Å²) in [7, 11) is 0. The summed E-state index contributed by atoms with van der Waals surface area (Å²) in [4.78, 5) is 11.1. The molecule has 0 fully saturated rings. The van der Waals surface area contributed by atoms with Crippen LogP contribution < -0.4 is 11.5 Å². The molecule has 15 heavy (non-hydrogen) atoms. The number of carbonyl (C=O) groups is 1. The lowest BCUT2D eigenvalue weighted by Gasteiger charge is -2.20. The fourth-order valence-electron chi connectivity index (χ4n) is 1.22. The molecule has 0 bridgehead atoms. The predicted molar refractivity (Wildman–Crippen MR) is 58.5 cm³/mol. The van der Waals surface area contributed by atoms with E-state index in [2.05, 4.69) is 5.10 Å². The third-order valence-electron chi connectivity index (χ3n) is 2.33. The highest BCUT2D eigenvalue weighted by Gasteiger charge is 2.27. The van der Waals surface area contributed by atoms with Crippen molar-refractivity contribution in [3.8, 4) is 0 Å². The second kappa shape index (κ2) is 3.83. The van der Waals surface area contributed by atoms with Crippen LogP contribution in [0.25, 0.3) is 0 Å². The molecule has 1 unspecified atom stereocenters. The lowest BCUT2D eigenvalue weighted by Crippen LogP contribution is -2.52. The molecule has 1 aromatic heterocycles. The Morgan fingerprint density at radius 2 is 2.13 bits per heavy atom. The lowest BCUT2D eigenvalue weighted by atomic mass is 10.0. The minimum Gasteiger partial charge on any atom is -0.368 e. The first-order chi connectivity index (χ1) is 6.75. The first kappa shape index (κ1) is 12.0. The Labute approximate surface area is 93.4 Å². The van der Waals surface area contributed by atoms with E-state index in [4.69, 9.17) is 23.1 Å². The number of aromatic nitrogens is 2. The van der Waals surface area contributed by atoms with E-state index in [1.807, 2.05) is 6.92 Å². The number of primary amides is 1. The molecule has 5 nitrogen and oxygen atoms in total. The van der Waals surface area contributed by atoms with E-state index in [0.717, 1.165) is 11.4 Å². The van der Waals surface area contributed by atoms with E-state index in [1.165, 1.54) is 0 Å². The van der Waals surface area contributed by atoms with Crippen LogP contribution in [0.5, 0.6) is 0 Å². The zero-order valence-corrected chi connectivity index (χ0v) is 9.80. The Morgan fingerprint density at radius 1 is 1.60 bits per heavy atom. The van der Waals surface area contributed by atoms with Gasteiger partial charge in [-0.05, 0) is 20.8 Å². The number of nitrogens with two attached hydrogens (primary N) is 2. The molecule has 1 atom stereocenters. The average Bonchev–Trinajstić information content (AvgIpc) is 2.33. The van der Waals surface area contributed by atoms with Gasteiger partial charge in [-0.3, -0.25) is 9.48 Å². The van der Waals surface area contributed by atoms with E-state index in [-0.39, 0.29) is 6.54 Å². The van der Waals surface area contributed by atoms with Crippen molar-refractivity contribution in [2.75, 3.05) is 0 Å². The standard InChI is InChI=1S/C9H15ClN4O/c1-5-7(10)6(2)14(13-5)4-9(3,12)8(11)15/h4,12H2,1-3H3,(H2,11,15). The van der Waals surface area contributed by atoms with Crippen molar-refractivity contribution in [3.05, 3.63) is 16.4 Å². The molecule has 6 heteroatoms. The Morgan fingerprint density at radius 3 is 2.47 bits per heavy atom. The highest BCUT2D eigenvalue weighted by atomic mass is 35.5. The molecule has 0 aromatic carbocycles. The minimum atomic E-state index is -1.12. The van der Waals surface area contributed by atoms with Crippen LogP contribution >= 0.6 is 11.6 Å². The van der Waals surface area contributed by atoms with E-state index < -0.39 is 11.4 Å². The molecule has 0 aliphatic carbocycles. The highest BCUT2D eigenvalue weighted by molar-refractivity contribution is 6.31. The zero-order chi connectivity index (χ0) is 11.8. The van der Waals surface area contributed by atoms with Gasteiger partial charge in [-0.15, -0.1) is 0 Å². The summed E-state index contributed by atoms with van der Waals surface area (Å²) in [5, 5.41) is 4.77. The zero-order valence-electron chi connectivity index (χ0n) is 9.04. The van der Waals surface area contributed by atoms with Crippen molar-refractivity contribution in [2.24, 2.45) is 11.5 Å². The summed E-state index contributed by atoms with van der Waals surface area (Å²) in [5.41, 5.74) is 11.3. The Bertz CT molecular complexity index is 397. The Kier molecular flexibility index (Phi) is 3.06. The smallest absolute Gasteiger partial charge is 0.239 e. The number of hydrogen-bond donors (Lipinski definition) is 2. The fourth-order valence-corrected chi connectivity index (χ4v) is 1.35. The molecule has 1 heterocycles. The summed E-state index contributed by atoms with van der Waals surface area (Å²) in [6.45, 7) is 5.41. The van der Waals surface area contributed by atoms with Crippen LogP contribution in [0.1, 0.15) is 18.3 Å². The Hall–Kier alpha value is -1.07. The van der Waals surface area contributed by atoms with Crippen molar-refractivity contribution >= 4 is 17.5 Å². The van der Waals surface area contributed by atoms with Crippen molar-refractivity contribution in [3.63, 3.8) is 0 Å². The van der Waals surface area contributed by atoms with Gasteiger partial charge in [0.05, 0.1) is 23.0 Å². The molecule has 1 rings (SSSR count). The van der Waals surface area contributed by atoms with Gasteiger partial charge in [-0.1, -0.05) is 11.6 Å². The SMILES string of the molecule is Cc1nn(CC(C)(N)C(N)=O)c(C)c1Cl. The maximum absolute atomic E-state index is 11.1. The van der Waals surface area contributed by atoms with Crippen LogP contribution in [0.2, 0.25) is 5.02 Å². The Balaban J connectivity index is 3.00. The number of aryl methyl sites for hydroxylation is 1. The third-order valence-corrected chi connectivity index (χ3v) is 2.88. The van der Waals surface area contributed by atoms with E-state index >= 15 is 0 Å². The molecular weight excluding hydrogens is 216 g/mol. The van der Waals surface area contributed by atoms with Crippen LogP contribution in [0.15, 0.2) is 0 Å². The van der Waals surface area contributed by atoms with Crippen LogP contribution in [-0.4, -0.2) is 21.2 Å². The molecule has 0 aliphatic rings. The van der Waals surface area contributed by atoms with Crippen LogP contribution in [0.4, 0.5) is 0 Å². The van der Waals surface area contributed by atoms with Gasteiger partial charge in [0, 0.05) is 0 Å². The number of rotatable bonds is 3. The van der Waals surface area contributed by atoms with E-state index in [9.17, 15) is 4.79 Å². The van der Waals surface area contributed by atoms with Crippen molar-refractivity contribution in [1.29, 1.82) is 0 Å². The normalized spacial score (nSPS) is 15.0. The summed E-state index contributed by atoms with van der Waals surface area (Å²) in [6, 6.07) is 0. The number of carbonyl (C=O) groups excluding carboxylic acids is 1. The van der Waals surface area contributed by atoms with Crippen molar-refractivity contribution < 1.29 is 4.79 Å². The first-order valence-electron chi connectivity index (χ1n) is 4.54. The molecule has 1 aromatic rings. The first-order valence-corrected chi connectivity index (χ1v) is 4.92. The third kappa shape index (κ3) is 2.30. The molecule has 4 N–H and O–H groups in total. The minimum absolute atomic E-state index is 0.224. The maximum Gasteiger partial charge on any atom is 0.239 e. The second-order valence-electron chi connectivity index (χ2n) is 3.92. The monoisotopic (exact) mass is 230 g/mol. The summed E-state index contributed by atoms with van der Waals surface area (Å²) in [5.74, 6) is -0.564. The van der Waals surface area contributed by atoms with Gasteiger partial charge in [-0.25, -0.2) is 0 Å². The molecule has 0 saturated heterocycles. The van der Waals surface area contributed by atoms with E-state index in [0.29, 0.717) is 5.02 Å². The van der Waals surface area contributed by atoms with Crippen LogP contribution in [0.3, 0.4) is 0 Å². The topological polar surface area (TPSA) is 86.9 Å². The van der Waals surface area contributed by atoms with Crippen LogP contribution in [-0.2, 0) is 11.3 Å². The molecule has 0 aliphatic heterocycles. The molecular formula is C9H15ClN4O. The van der Waals surface area contributed by atoms with E-state index in [1.54, 1.807) is 18.5 Å². The van der Waals surface area contributed by atoms with Crippen molar-refractivity contribution in [2.45, 2.75) is 32.9 Å². The quantitative estimate of drug-likeness (QED) is 0.786. The summed E-state index contributed by atoms with van der Waals surface area (Å²) in [6.07, 6.45) is 0. The number of halogens is 1. The number of nitrogens with zero attached hydrogens (tertiary/aromatic N) is 2. The second-order valence-corrected chi connectivity index (χ2v) is 4.30. The molecule has 84 valence electrons. The molecule has 0 spiro atoms. The fraction of sp³-hybridized carbons (Fsp3) is 0.556. The van der Waals surface area contributed by atoms with Crippen LogP contribution in [0, 0.1) is 13.8 Å². The van der Waals surface area contributed by atoms with Gasteiger partial charge in [-0.2, -0.15) is 5.10 Å². The maximum atomic E-state index is 11.1. The lowest BCUT2D eigenvalue weighted by molar-refractivity contribution is -0.123. The summed E-state index contributed by atoms with van der Waals surface area (Å²) >= 11 is 5.97. The number of hydrogen-bond acceptors (Lipinski definition) is 3. The van der Waals surface area contributed by atoms with Gasteiger partial charge in [0.2, 0.25) is 5.91 Å².